The van der Waals surface area contributed by atoms with Gasteiger partial charge in [-0.2, -0.15) is 5.10 Å². The average molecular weight is 210 g/mol. The largest absolute Gasteiger partial charge is 0.358 e. The van der Waals surface area contributed by atoms with E-state index in [-0.39, 0.29) is 11.9 Å². The third-order valence-electron chi connectivity index (χ3n) is 2.24. The Hall–Kier alpha value is -1.36. The first-order valence-electron chi connectivity index (χ1n) is 5.07. The maximum absolute atomic E-state index is 11.2. The Morgan fingerprint density at radius 1 is 1.67 bits per heavy atom. The lowest BCUT2D eigenvalue weighted by Gasteiger charge is -2.10. The standard InChI is InChI=1S/C10H18N4O/c1-8(10(15)11-2)12-6-4-9-5-7-14(3)13-9/h5,7-8,12H,4,6H2,1-3H3,(H,11,15). The van der Waals surface area contributed by atoms with Crippen LogP contribution in [0.1, 0.15) is 12.6 Å². The molecule has 0 aliphatic carbocycles. The van der Waals surface area contributed by atoms with Crippen LogP contribution in [0.5, 0.6) is 0 Å². The summed E-state index contributed by atoms with van der Waals surface area (Å²) in [7, 11) is 3.53. The summed E-state index contributed by atoms with van der Waals surface area (Å²) in [6.07, 6.45) is 2.75. The Morgan fingerprint density at radius 3 is 2.93 bits per heavy atom. The molecule has 0 aliphatic heterocycles. The summed E-state index contributed by atoms with van der Waals surface area (Å²) in [5, 5.41) is 9.97. The molecule has 1 unspecified atom stereocenters. The topological polar surface area (TPSA) is 59.0 Å². The van der Waals surface area contributed by atoms with Gasteiger partial charge in [0, 0.05) is 33.3 Å². The van der Waals surface area contributed by atoms with E-state index in [0.717, 1.165) is 18.7 Å². The Kier molecular flexibility index (Phi) is 4.30. The summed E-state index contributed by atoms with van der Waals surface area (Å²) in [5.74, 6) is 0.0102. The van der Waals surface area contributed by atoms with Crippen molar-refractivity contribution in [2.24, 2.45) is 7.05 Å². The van der Waals surface area contributed by atoms with Crippen molar-refractivity contribution in [2.75, 3.05) is 13.6 Å². The lowest BCUT2D eigenvalue weighted by Crippen LogP contribution is -2.41. The zero-order valence-corrected chi connectivity index (χ0v) is 9.45. The van der Waals surface area contributed by atoms with Gasteiger partial charge in [0.15, 0.2) is 0 Å². The molecule has 0 bridgehead atoms. The van der Waals surface area contributed by atoms with E-state index in [1.54, 1.807) is 11.7 Å². The highest BCUT2D eigenvalue weighted by Crippen LogP contribution is 1.94. The molecule has 84 valence electrons. The van der Waals surface area contributed by atoms with E-state index in [9.17, 15) is 4.79 Å². The van der Waals surface area contributed by atoms with E-state index in [1.807, 2.05) is 26.2 Å². The van der Waals surface area contributed by atoms with Gasteiger partial charge in [0.1, 0.15) is 0 Å². The van der Waals surface area contributed by atoms with Crippen LogP contribution in [0, 0.1) is 0 Å². The summed E-state index contributed by atoms with van der Waals surface area (Å²) < 4.78 is 1.78. The summed E-state index contributed by atoms with van der Waals surface area (Å²) in [5.41, 5.74) is 1.04. The molecule has 0 saturated carbocycles. The number of carbonyl (C=O) groups is 1. The number of hydrogen-bond acceptors (Lipinski definition) is 3. The van der Waals surface area contributed by atoms with E-state index in [0.29, 0.717) is 0 Å². The molecule has 15 heavy (non-hydrogen) atoms. The molecule has 0 aromatic carbocycles. The molecular weight excluding hydrogens is 192 g/mol. The first kappa shape index (κ1) is 11.7. The fraction of sp³-hybridized carbons (Fsp3) is 0.600. The van der Waals surface area contributed by atoms with Gasteiger partial charge < -0.3 is 10.6 Å². The highest BCUT2D eigenvalue weighted by Gasteiger charge is 2.09. The van der Waals surface area contributed by atoms with Crippen LogP contribution < -0.4 is 10.6 Å². The third kappa shape index (κ3) is 3.71. The van der Waals surface area contributed by atoms with E-state index in [1.165, 1.54) is 0 Å². The van der Waals surface area contributed by atoms with Crippen LogP contribution in [0.15, 0.2) is 12.3 Å². The fourth-order valence-corrected chi connectivity index (χ4v) is 1.32. The Balaban J connectivity index is 2.24. The molecule has 1 rings (SSSR count). The maximum atomic E-state index is 11.2. The third-order valence-corrected chi connectivity index (χ3v) is 2.24. The van der Waals surface area contributed by atoms with Crippen LogP contribution in [0.4, 0.5) is 0 Å². The molecule has 0 spiro atoms. The lowest BCUT2D eigenvalue weighted by molar-refractivity contribution is -0.122. The van der Waals surface area contributed by atoms with Gasteiger partial charge in [0.2, 0.25) is 5.91 Å². The van der Waals surface area contributed by atoms with Crippen molar-refractivity contribution in [2.45, 2.75) is 19.4 Å². The van der Waals surface area contributed by atoms with Crippen molar-refractivity contribution < 1.29 is 4.79 Å². The van der Waals surface area contributed by atoms with Crippen LogP contribution in [-0.2, 0) is 18.3 Å². The van der Waals surface area contributed by atoms with Gasteiger partial charge in [0.05, 0.1) is 11.7 Å². The smallest absolute Gasteiger partial charge is 0.236 e. The van der Waals surface area contributed by atoms with E-state index in [4.69, 9.17) is 0 Å². The summed E-state index contributed by atoms with van der Waals surface area (Å²) in [6, 6.07) is 1.82. The summed E-state index contributed by atoms with van der Waals surface area (Å²) in [4.78, 5) is 11.2. The van der Waals surface area contributed by atoms with Gasteiger partial charge >= 0.3 is 0 Å². The number of aryl methyl sites for hydroxylation is 1. The molecule has 2 N–H and O–H groups in total. The van der Waals surface area contributed by atoms with Gasteiger partial charge in [-0.25, -0.2) is 0 Å². The van der Waals surface area contributed by atoms with Crippen LogP contribution in [0.3, 0.4) is 0 Å². The first-order valence-corrected chi connectivity index (χ1v) is 5.07. The quantitative estimate of drug-likeness (QED) is 0.700. The number of amides is 1. The molecule has 0 radical (unpaired) electrons. The zero-order chi connectivity index (χ0) is 11.3. The second-order valence-corrected chi connectivity index (χ2v) is 3.52. The van der Waals surface area contributed by atoms with Gasteiger partial charge in [-0.1, -0.05) is 0 Å². The summed E-state index contributed by atoms with van der Waals surface area (Å²) in [6.45, 7) is 2.60. The normalized spacial score (nSPS) is 12.5. The van der Waals surface area contributed by atoms with Crippen LogP contribution in [0.25, 0.3) is 0 Å². The van der Waals surface area contributed by atoms with Crippen molar-refractivity contribution in [1.29, 1.82) is 0 Å². The van der Waals surface area contributed by atoms with Gasteiger partial charge in [-0.15, -0.1) is 0 Å². The first-order chi connectivity index (χ1) is 7.13. The van der Waals surface area contributed by atoms with Gasteiger partial charge in [-0.3, -0.25) is 9.48 Å². The molecule has 1 amide bonds. The minimum atomic E-state index is -0.154. The minimum absolute atomic E-state index is 0.0102. The summed E-state index contributed by atoms with van der Waals surface area (Å²) >= 11 is 0. The number of aromatic nitrogens is 2. The van der Waals surface area contributed by atoms with Crippen LogP contribution >= 0.6 is 0 Å². The molecule has 1 aromatic rings. The van der Waals surface area contributed by atoms with E-state index >= 15 is 0 Å². The molecule has 0 aliphatic rings. The minimum Gasteiger partial charge on any atom is -0.358 e. The number of rotatable bonds is 5. The molecular formula is C10H18N4O. The Morgan fingerprint density at radius 2 is 2.40 bits per heavy atom. The molecule has 1 heterocycles. The van der Waals surface area contributed by atoms with E-state index in [2.05, 4.69) is 15.7 Å². The van der Waals surface area contributed by atoms with Crippen molar-refractivity contribution in [3.8, 4) is 0 Å². The number of hydrogen-bond donors (Lipinski definition) is 2. The number of nitrogens with zero attached hydrogens (tertiary/aromatic N) is 2. The average Bonchev–Trinajstić information content (AvgIpc) is 2.63. The predicted molar refractivity (Wildman–Crippen MR) is 58.4 cm³/mol. The molecule has 5 nitrogen and oxygen atoms in total. The molecule has 0 saturated heterocycles. The molecule has 5 heteroatoms. The van der Waals surface area contributed by atoms with Gasteiger partial charge in [0.25, 0.3) is 0 Å². The maximum Gasteiger partial charge on any atom is 0.236 e. The van der Waals surface area contributed by atoms with Crippen molar-refractivity contribution in [3.05, 3.63) is 18.0 Å². The van der Waals surface area contributed by atoms with E-state index < -0.39 is 0 Å². The zero-order valence-electron chi connectivity index (χ0n) is 9.45. The predicted octanol–water partition coefficient (Wildman–Crippen LogP) is -0.313. The molecule has 1 atom stereocenters. The second kappa shape index (κ2) is 5.50. The highest BCUT2D eigenvalue weighted by molar-refractivity contribution is 5.80. The van der Waals surface area contributed by atoms with Crippen molar-refractivity contribution in [1.82, 2.24) is 20.4 Å². The molecule has 0 fully saturated rings. The lowest BCUT2D eigenvalue weighted by atomic mass is 10.2. The number of nitrogens with one attached hydrogen (secondary N) is 2. The highest BCUT2D eigenvalue weighted by atomic mass is 16.2. The number of likely N-dealkylation sites (N-methyl/N-ethyl adjacent to an activating group) is 1. The second-order valence-electron chi connectivity index (χ2n) is 3.52. The van der Waals surface area contributed by atoms with Crippen LogP contribution in [-0.4, -0.2) is 35.3 Å². The van der Waals surface area contributed by atoms with Gasteiger partial charge in [-0.05, 0) is 13.0 Å². The Bertz CT molecular complexity index is 321. The van der Waals surface area contributed by atoms with Crippen molar-refractivity contribution in [3.63, 3.8) is 0 Å². The fourth-order valence-electron chi connectivity index (χ4n) is 1.32. The SMILES string of the molecule is CNC(=O)C(C)NCCc1ccn(C)n1. The molecule has 1 aromatic heterocycles. The Labute approximate surface area is 89.9 Å². The number of carbonyl (C=O) groups excluding carboxylic acids is 1. The van der Waals surface area contributed by atoms with Crippen LogP contribution in [0.2, 0.25) is 0 Å². The van der Waals surface area contributed by atoms with Crippen molar-refractivity contribution >= 4 is 5.91 Å². The monoisotopic (exact) mass is 210 g/mol.